The van der Waals surface area contributed by atoms with Crippen molar-refractivity contribution in [3.05, 3.63) is 36.2 Å². The number of hydrogen-bond acceptors (Lipinski definition) is 4. The van der Waals surface area contributed by atoms with Crippen LogP contribution >= 0.6 is 0 Å². The lowest BCUT2D eigenvalue weighted by Gasteiger charge is -2.24. The van der Waals surface area contributed by atoms with Gasteiger partial charge in [-0.15, -0.1) is 0 Å². The number of rotatable bonds is 5. The van der Waals surface area contributed by atoms with Gasteiger partial charge in [0, 0.05) is 44.3 Å². The third-order valence-corrected chi connectivity index (χ3v) is 5.70. The number of nitrogens with one attached hydrogen (secondary N) is 3. The Hall–Kier alpha value is -2.41. The van der Waals surface area contributed by atoms with Gasteiger partial charge >= 0.3 is 0 Å². The van der Waals surface area contributed by atoms with Gasteiger partial charge in [-0.25, -0.2) is 4.98 Å². The van der Waals surface area contributed by atoms with E-state index < -0.39 is 0 Å². The standard InChI is InChI=1S/C20H29N7/c1-21-20(25-17-9-10-27(13-17)18-7-2-3-8-18)22-12-15-5-4-6-16(11-15)19-23-14-24-26-19/h4-6,11,14,17-18H,2-3,7-10,12-13H2,1H3,(H2,21,22,25)(H,23,24,26). The van der Waals surface area contributed by atoms with Crippen LogP contribution in [-0.4, -0.2) is 58.3 Å². The van der Waals surface area contributed by atoms with Gasteiger partial charge in [0.15, 0.2) is 11.8 Å². The lowest BCUT2D eigenvalue weighted by Crippen LogP contribution is -2.45. The van der Waals surface area contributed by atoms with Crippen molar-refractivity contribution in [2.45, 2.75) is 50.7 Å². The van der Waals surface area contributed by atoms with Crippen LogP contribution in [-0.2, 0) is 6.54 Å². The van der Waals surface area contributed by atoms with Crippen LogP contribution in [0.3, 0.4) is 0 Å². The molecule has 7 heteroatoms. The van der Waals surface area contributed by atoms with Gasteiger partial charge in [-0.2, -0.15) is 5.10 Å². The van der Waals surface area contributed by atoms with E-state index in [4.69, 9.17) is 0 Å². The number of hydrogen-bond donors (Lipinski definition) is 3. The Morgan fingerprint density at radius 1 is 1.30 bits per heavy atom. The molecule has 3 N–H and O–H groups in total. The van der Waals surface area contributed by atoms with Crippen molar-refractivity contribution in [2.24, 2.45) is 4.99 Å². The molecule has 1 saturated carbocycles. The Bertz CT molecular complexity index is 749. The van der Waals surface area contributed by atoms with Gasteiger partial charge in [0.05, 0.1) is 0 Å². The summed E-state index contributed by atoms with van der Waals surface area (Å²) >= 11 is 0. The van der Waals surface area contributed by atoms with Gasteiger partial charge < -0.3 is 10.6 Å². The monoisotopic (exact) mass is 367 g/mol. The quantitative estimate of drug-likeness (QED) is 0.557. The zero-order chi connectivity index (χ0) is 18.5. The summed E-state index contributed by atoms with van der Waals surface area (Å²) in [7, 11) is 1.84. The van der Waals surface area contributed by atoms with Crippen molar-refractivity contribution in [3.63, 3.8) is 0 Å². The van der Waals surface area contributed by atoms with E-state index in [0.29, 0.717) is 6.04 Å². The molecule has 1 aromatic carbocycles. The van der Waals surface area contributed by atoms with Crippen LogP contribution in [0.4, 0.5) is 0 Å². The van der Waals surface area contributed by atoms with Crippen molar-refractivity contribution < 1.29 is 0 Å². The van der Waals surface area contributed by atoms with Crippen molar-refractivity contribution in [1.29, 1.82) is 0 Å². The zero-order valence-corrected chi connectivity index (χ0v) is 16.0. The fourth-order valence-electron chi connectivity index (χ4n) is 4.25. The first kappa shape index (κ1) is 18.0. The molecule has 2 fully saturated rings. The van der Waals surface area contributed by atoms with Crippen LogP contribution in [0.1, 0.15) is 37.7 Å². The Kier molecular flexibility index (Phi) is 5.67. The molecule has 1 unspecified atom stereocenters. The summed E-state index contributed by atoms with van der Waals surface area (Å²) in [5, 5.41) is 13.9. The van der Waals surface area contributed by atoms with Gasteiger partial charge in [0.2, 0.25) is 0 Å². The first-order valence-corrected chi connectivity index (χ1v) is 9.98. The summed E-state index contributed by atoms with van der Waals surface area (Å²) in [5.41, 5.74) is 2.23. The lowest BCUT2D eigenvalue weighted by molar-refractivity contribution is 0.242. The maximum Gasteiger partial charge on any atom is 0.191 e. The molecule has 144 valence electrons. The van der Waals surface area contributed by atoms with Crippen molar-refractivity contribution in [2.75, 3.05) is 20.1 Å². The minimum absolute atomic E-state index is 0.484. The van der Waals surface area contributed by atoms with Crippen molar-refractivity contribution in [3.8, 4) is 11.4 Å². The summed E-state index contributed by atoms with van der Waals surface area (Å²) in [4.78, 5) is 11.3. The largest absolute Gasteiger partial charge is 0.352 e. The fourth-order valence-corrected chi connectivity index (χ4v) is 4.25. The predicted octanol–water partition coefficient (Wildman–Crippen LogP) is 2.15. The number of aliphatic imine (C=N–C) groups is 1. The average molecular weight is 368 g/mol. The number of nitrogens with zero attached hydrogens (tertiary/aromatic N) is 4. The summed E-state index contributed by atoms with van der Waals surface area (Å²) in [6, 6.07) is 9.60. The summed E-state index contributed by atoms with van der Waals surface area (Å²) in [6.45, 7) is 3.06. The van der Waals surface area contributed by atoms with Gasteiger partial charge in [-0.05, 0) is 30.9 Å². The first-order chi connectivity index (χ1) is 13.3. The van der Waals surface area contributed by atoms with Crippen molar-refractivity contribution >= 4 is 5.96 Å². The minimum atomic E-state index is 0.484. The molecular weight excluding hydrogens is 338 g/mol. The molecule has 1 atom stereocenters. The topological polar surface area (TPSA) is 81.2 Å². The Morgan fingerprint density at radius 2 is 2.19 bits per heavy atom. The second-order valence-corrected chi connectivity index (χ2v) is 7.52. The number of aromatic amines is 1. The smallest absolute Gasteiger partial charge is 0.191 e. The van der Waals surface area contributed by atoms with Crippen LogP contribution in [0.2, 0.25) is 0 Å². The van der Waals surface area contributed by atoms with E-state index >= 15 is 0 Å². The van der Waals surface area contributed by atoms with Crippen LogP contribution in [0, 0.1) is 0 Å². The lowest BCUT2D eigenvalue weighted by atomic mass is 10.1. The van der Waals surface area contributed by atoms with Crippen LogP contribution in [0.5, 0.6) is 0 Å². The molecule has 1 aromatic heterocycles. The zero-order valence-electron chi connectivity index (χ0n) is 16.0. The second kappa shape index (κ2) is 8.52. The SMILES string of the molecule is CN=C(NCc1cccc(-c2ncn[nH]2)c1)NC1CCN(C2CCCC2)C1. The number of guanidine groups is 1. The molecule has 1 aliphatic heterocycles. The summed E-state index contributed by atoms with van der Waals surface area (Å²) in [5.74, 6) is 1.66. The molecule has 1 saturated heterocycles. The highest BCUT2D eigenvalue weighted by Crippen LogP contribution is 2.26. The number of H-pyrrole nitrogens is 1. The molecule has 1 aliphatic carbocycles. The van der Waals surface area contributed by atoms with E-state index in [9.17, 15) is 0 Å². The fraction of sp³-hybridized carbons (Fsp3) is 0.550. The number of likely N-dealkylation sites (tertiary alicyclic amines) is 1. The van der Waals surface area contributed by atoms with E-state index in [-0.39, 0.29) is 0 Å². The van der Waals surface area contributed by atoms with E-state index in [1.165, 1.54) is 50.5 Å². The maximum absolute atomic E-state index is 4.41. The van der Waals surface area contributed by atoms with Gasteiger partial charge in [-0.1, -0.05) is 31.0 Å². The summed E-state index contributed by atoms with van der Waals surface area (Å²) < 4.78 is 0. The van der Waals surface area contributed by atoms with E-state index in [1.807, 2.05) is 19.2 Å². The molecule has 0 bridgehead atoms. The Labute approximate surface area is 160 Å². The molecule has 0 spiro atoms. The van der Waals surface area contributed by atoms with E-state index in [2.05, 4.69) is 47.8 Å². The van der Waals surface area contributed by atoms with Crippen LogP contribution < -0.4 is 10.6 Å². The molecule has 7 nitrogen and oxygen atoms in total. The molecule has 2 aromatic rings. The van der Waals surface area contributed by atoms with Crippen LogP contribution in [0.25, 0.3) is 11.4 Å². The first-order valence-electron chi connectivity index (χ1n) is 9.98. The highest BCUT2D eigenvalue weighted by Gasteiger charge is 2.30. The normalized spacial score (nSPS) is 21.7. The van der Waals surface area contributed by atoms with E-state index in [0.717, 1.165) is 36.5 Å². The molecule has 2 heterocycles. The predicted molar refractivity (Wildman–Crippen MR) is 107 cm³/mol. The van der Waals surface area contributed by atoms with Gasteiger partial charge in [-0.3, -0.25) is 15.0 Å². The Balaban J connectivity index is 1.29. The highest BCUT2D eigenvalue weighted by molar-refractivity contribution is 5.80. The molecular formula is C20H29N7. The molecule has 0 radical (unpaired) electrons. The molecule has 0 amide bonds. The third kappa shape index (κ3) is 4.47. The van der Waals surface area contributed by atoms with Gasteiger partial charge in [0.25, 0.3) is 0 Å². The van der Waals surface area contributed by atoms with Gasteiger partial charge in [0.1, 0.15) is 6.33 Å². The third-order valence-electron chi connectivity index (χ3n) is 5.70. The maximum atomic E-state index is 4.41. The highest BCUT2D eigenvalue weighted by atomic mass is 15.3. The molecule has 2 aliphatic rings. The molecule has 27 heavy (non-hydrogen) atoms. The van der Waals surface area contributed by atoms with Crippen LogP contribution in [0.15, 0.2) is 35.6 Å². The number of aromatic nitrogens is 3. The van der Waals surface area contributed by atoms with Crippen molar-refractivity contribution in [1.82, 2.24) is 30.7 Å². The second-order valence-electron chi connectivity index (χ2n) is 7.52. The minimum Gasteiger partial charge on any atom is -0.352 e. The summed E-state index contributed by atoms with van der Waals surface area (Å²) in [6.07, 6.45) is 8.27. The average Bonchev–Trinajstić information content (AvgIpc) is 3.47. The Morgan fingerprint density at radius 3 is 2.96 bits per heavy atom. The number of benzene rings is 1. The molecule has 4 rings (SSSR count). The van der Waals surface area contributed by atoms with E-state index in [1.54, 1.807) is 0 Å².